The maximum absolute atomic E-state index is 13.3. The van der Waals surface area contributed by atoms with Gasteiger partial charge in [-0.1, -0.05) is 24.3 Å². The van der Waals surface area contributed by atoms with Crippen molar-refractivity contribution >= 4 is 20.9 Å². The van der Waals surface area contributed by atoms with Crippen LogP contribution in [0.5, 0.6) is 5.75 Å². The number of aromatic nitrogens is 1. The Morgan fingerprint density at radius 2 is 1.88 bits per heavy atom. The Hall–Kier alpha value is -2.31. The number of para-hydroxylation sites is 1. The largest absolute Gasteiger partial charge is 0.495 e. The molecule has 3 aromatic rings. The van der Waals surface area contributed by atoms with E-state index in [0.717, 1.165) is 22.0 Å². The van der Waals surface area contributed by atoms with Crippen LogP contribution in [0.4, 0.5) is 0 Å². The van der Waals surface area contributed by atoms with Crippen molar-refractivity contribution < 1.29 is 13.2 Å². The number of rotatable bonds is 3. The quantitative estimate of drug-likeness (QED) is 0.711. The first-order valence-corrected chi connectivity index (χ1v) is 10.1. The van der Waals surface area contributed by atoms with E-state index >= 15 is 0 Å². The van der Waals surface area contributed by atoms with E-state index in [9.17, 15) is 8.42 Å². The monoisotopic (exact) mass is 370 g/mol. The van der Waals surface area contributed by atoms with Crippen LogP contribution in [0.3, 0.4) is 0 Å². The van der Waals surface area contributed by atoms with E-state index in [1.54, 1.807) is 16.4 Å². The summed E-state index contributed by atoms with van der Waals surface area (Å²) in [5, 5.41) is 1.13. The molecule has 2 aromatic carbocycles. The van der Waals surface area contributed by atoms with Crippen molar-refractivity contribution in [2.24, 2.45) is 7.05 Å². The van der Waals surface area contributed by atoms with Gasteiger partial charge in [0, 0.05) is 43.2 Å². The number of fused-ring (bicyclic) bond motifs is 3. The van der Waals surface area contributed by atoms with Crippen molar-refractivity contribution in [1.29, 1.82) is 0 Å². The number of methoxy groups -OCH3 is 1. The van der Waals surface area contributed by atoms with Crippen LogP contribution in [-0.4, -0.2) is 30.9 Å². The molecule has 0 unspecified atom stereocenters. The van der Waals surface area contributed by atoms with E-state index in [2.05, 4.69) is 23.7 Å². The smallest absolute Gasteiger partial charge is 0.247 e. The highest BCUT2D eigenvalue weighted by molar-refractivity contribution is 7.89. The van der Waals surface area contributed by atoms with Crippen molar-refractivity contribution in [3.63, 3.8) is 0 Å². The zero-order valence-corrected chi connectivity index (χ0v) is 16.0. The molecule has 0 radical (unpaired) electrons. The van der Waals surface area contributed by atoms with Crippen LogP contribution in [-0.2, 0) is 30.0 Å². The molecule has 2 heterocycles. The number of sulfonamides is 1. The van der Waals surface area contributed by atoms with Gasteiger partial charge in [-0.2, -0.15) is 4.31 Å². The van der Waals surface area contributed by atoms with Gasteiger partial charge in [-0.15, -0.1) is 0 Å². The molecular weight excluding hydrogens is 348 g/mol. The lowest BCUT2D eigenvalue weighted by Crippen LogP contribution is -2.36. The predicted octanol–water partition coefficient (Wildman–Crippen LogP) is 3.24. The Morgan fingerprint density at radius 3 is 2.65 bits per heavy atom. The van der Waals surface area contributed by atoms with E-state index in [1.165, 1.54) is 12.8 Å². The van der Waals surface area contributed by atoms with Gasteiger partial charge in [0.15, 0.2) is 0 Å². The Morgan fingerprint density at radius 1 is 1.12 bits per heavy atom. The molecule has 1 aliphatic heterocycles. The standard InChI is InChI=1S/C20H22N2O3S/c1-14-8-9-19(25-3)20(12-14)26(23,24)22-11-10-18-16(13-22)15-6-4-5-7-17(15)21(18)2/h4-9,12H,10-11,13H2,1-3H3. The van der Waals surface area contributed by atoms with Gasteiger partial charge < -0.3 is 9.30 Å². The van der Waals surface area contributed by atoms with Gasteiger partial charge in [0.2, 0.25) is 10.0 Å². The molecule has 0 atom stereocenters. The Balaban J connectivity index is 1.80. The van der Waals surface area contributed by atoms with Crippen LogP contribution in [0.15, 0.2) is 47.4 Å². The van der Waals surface area contributed by atoms with Crippen molar-refractivity contribution in [3.8, 4) is 5.75 Å². The van der Waals surface area contributed by atoms with Gasteiger partial charge >= 0.3 is 0 Å². The summed E-state index contributed by atoms with van der Waals surface area (Å²) in [4.78, 5) is 0.240. The first-order valence-electron chi connectivity index (χ1n) is 8.63. The molecule has 0 bridgehead atoms. The fourth-order valence-electron chi connectivity index (χ4n) is 3.84. The molecule has 26 heavy (non-hydrogen) atoms. The molecule has 0 amide bonds. The highest BCUT2D eigenvalue weighted by Crippen LogP contribution is 2.34. The molecule has 4 rings (SSSR count). The normalized spacial score (nSPS) is 15.2. The van der Waals surface area contributed by atoms with Crippen LogP contribution < -0.4 is 4.74 Å². The van der Waals surface area contributed by atoms with Gasteiger partial charge in [0.05, 0.1) is 7.11 Å². The minimum Gasteiger partial charge on any atom is -0.495 e. The van der Waals surface area contributed by atoms with E-state index < -0.39 is 10.0 Å². The SMILES string of the molecule is COc1ccc(C)cc1S(=O)(=O)N1CCc2c(c3ccccc3n2C)C1. The van der Waals surface area contributed by atoms with Crippen LogP contribution in [0.2, 0.25) is 0 Å². The topological polar surface area (TPSA) is 51.5 Å². The third-order valence-electron chi connectivity index (χ3n) is 5.21. The summed E-state index contributed by atoms with van der Waals surface area (Å²) in [6, 6.07) is 13.4. The summed E-state index contributed by atoms with van der Waals surface area (Å²) in [5.41, 5.74) is 4.36. The molecule has 0 N–H and O–H groups in total. The fourth-order valence-corrected chi connectivity index (χ4v) is 5.48. The van der Waals surface area contributed by atoms with E-state index in [0.29, 0.717) is 25.3 Å². The van der Waals surface area contributed by atoms with Crippen molar-refractivity contribution in [1.82, 2.24) is 8.87 Å². The van der Waals surface area contributed by atoms with Crippen LogP contribution >= 0.6 is 0 Å². The summed E-state index contributed by atoms with van der Waals surface area (Å²) < 4.78 is 35.7. The van der Waals surface area contributed by atoms with E-state index in [4.69, 9.17) is 4.74 Å². The van der Waals surface area contributed by atoms with Gasteiger partial charge in [0.25, 0.3) is 0 Å². The lowest BCUT2D eigenvalue weighted by molar-refractivity contribution is 0.375. The number of aryl methyl sites for hydroxylation is 2. The summed E-state index contributed by atoms with van der Waals surface area (Å²) in [5.74, 6) is 0.388. The molecule has 0 aliphatic carbocycles. The van der Waals surface area contributed by atoms with Crippen molar-refractivity contribution in [3.05, 3.63) is 59.3 Å². The second-order valence-electron chi connectivity index (χ2n) is 6.74. The van der Waals surface area contributed by atoms with Crippen LogP contribution in [0, 0.1) is 6.92 Å². The minimum absolute atomic E-state index is 0.240. The van der Waals surface area contributed by atoms with Crippen molar-refractivity contribution in [2.75, 3.05) is 13.7 Å². The molecule has 5 nitrogen and oxygen atoms in total. The third-order valence-corrected chi connectivity index (χ3v) is 7.08. The van der Waals surface area contributed by atoms with Crippen LogP contribution in [0.25, 0.3) is 10.9 Å². The number of nitrogens with zero attached hydrogens (tertiary/aromatic N) is 2. The second-order valence-corrected chi connectivity index (χ2v) is 8.65. The molecule has 6 heteroatoms. The summed E-state index contributed by atoms with van der Waals surface area (Å²) in [6.45, 7) is 2.74. The number of hydrogen-bond donors (Lipinski definition) is 0. The first-order chi connectivity index (χ1) is 12.4. The Bertz CT molecular complexity index is 1100. The first kappa shape index (κ1) is 17.1. The fraction of sp³-hybridized carbons (Fsp3) is 0.300. The van der Waals surface area contributed by atoms with Gasteiger partial charge in [-0.3, -0.25) is 0 Å². The highest BCUT2D eigenvalue weighted by Gasteiger charge is 2.33. The van der Waals surface area contributed by atoms with Gasteiger partial charge in [-0.25, -0.2) is 8.42 Å². The van der Waals surface area contributed by atoms with Gasteiger partial charge in [-0.05, 0) is 36.2 Å². The molecule has 0 spiro atoms. The Labute approximate surface area is 153 Å². The zero-order valence-electron chi connectivity index (χ0n) is 15.2. The summed E-state index contributed by atoms with van der Waals surface area (Å²) in [6.07, 6.45) is 0.702. The average Bonchev–Trinajstić information content (AvgIpc) is 2.94. The maximum atomic E-state index is 13.3. The number of benzene rings is 2. The average molecular weight is 370 g/mol. The van der Waals surface area contributed by atoms with Crippen molar-refractivity contribution in [2.45, 2.75) is 24.8 Å². The number of ether oxygens (including phenoxy) is 1. The predicted molar refractivity (Wildman–Crippen MR) is 102 cm³/mol. The maximum Gasteiger partial charge on any atom is 0.247 e. The third kappa shape index (κ3) is 2.52. The van der Waals surface area contributed by atoms with E-state index in [1.807, 2.05) is 25.1 Å². The lowest BCUT2D eigenvalue weighted by Gasteiger charge is -2.28. The lowest BCUT2D eigenvalue weighted by atomic mass is 10.1. The number of hydrogen-bond acceptors (Lipinski definition) is 3. The molecule has 0 fully saturated rings. The summed E-state index contributed by atoms with van der Waals surface area (Å²) >= 11 is 0. The minimum atomic E-state index is -3.63. The molecule has 0 saturated heterocycles. The highest BCUT2D eigenvalue weighted by atomic mass is 32.2. The van der Waals surface area contributed by atoms with Crippen LogP contribution in [0.1, 0.15) is 16.8 Å². The van der Waals surface area contributed by atoms with E-state index in [-0.39, 0.29) is 4.90 Å². The molecular formula is C20H22N2O3S. The zero-order chi connectivity index (χ0) is 18.5. The molecule has 1 aliphatic rings. The van der Waals surface area contributed by atoms with Gasteiger partial charge in [0.1, 0.15) is 10.6 Å². The Kier molecular flexibility index (Phi) is 4.04. The molecule has 0 saturated carbocycles. The summed E-state index contributed by atoms with van der Waals surface area (Å²) in [7, 11) is -0.0771. The molecule has 1 aromatic heterocycles. The molecule has 136 valence electrons. The second kappa shape index (κ2) is 6.14.